The number of aliphatic carboxylic acids is 1. The SMILES string of the molecule is CCC(CNC(=O)OC(C)(C)C)(C(=O)O)C1CCCCC1. The molecule has 5 nitrogen and oxygen atoms in total. The molecule has 122 valence electrons. The van der Waals surface area contributed by atoms with Crippen molar-refractivity contribution in [1.82, 2.24) is 5.32 Å². The van der Waals surface area contributed by atoms with Gasteiger partial charge in [0.15, 0.2) is 0 Å². The maximum absolute atomic E-state index is 11.9. The lowest BCUT2D eigenvalue weighted by Gasteiger charge is -2.39. The number of hydrogen-bond donors (Lipinski definition) is 2. The Morgan fingerprint density at radius 2 is 1.76 bits per heavy atom. The molecule has 1 aliphatic rings. The Bertz CT molecular complexity index is 369. The van der Waals surface area contributed by atoms with E-state index in [2.05, 4.69) is 5.32 Å². The maximum Gasteiger partial charge on any atom is 0.407 e. The van der Waals surface area contributed by atoms with Gasteiger partial charge in [-0.2, -0.15) is 0 Å². The lowest BCUT2D eigenvalue weighted by molar-refractivity contribution is -0.153. The van der Waals surface area contributed by atoms with Crippen molar-refractivity contribution in [3.63, 3.8) is 0 Å². The minimum Gasteiger partial charge on any atom is -0.481 e. The molecule has 0 aromatic heterocycles. The van der Waals surface area contributed by atoms with Crippen LogP contribution in [0.25, 0.3) is 0 Å². The molecule has 0 spiro atoms. The molecular formula is C16H29NO4. The molecule has 0 aromatic carbocycles. The van der Waals surface area contributed by atoms with Gasteiger partial charge in [0.25, 0.3) is 0 Å². The van der Waals surface area contributed by atoms with Crippen LogP contribution in [0, 0.1) is 11.3 Å². The molecule has 1 aliphatic carbocycles. The molecule has 1 saturated carbocycles. The average molecular weight is 299 g/mol. The number of ether oxygens (including phenoxy) is 1. The zero-order chi connectivity index (χ0) is 16.1. The van der Waals surface area contributed by atoms with Crippen LogP contribution < -0.4 is 5.32 Å². The first-order valence-electron chi connectivity index (χ1n) is 7.91. The van der Waals surface area contributed by atoms with Gasteiger partial charge < -0.3 is 15.2 Å². The van der Waals surface area contributed by atoms with Crippen LogP contribution in [-0.4, -0.2) is 29.3 Å². The van der Waals surface area contributed by atoms with Crippen molar-refractivity contribution < 1.29 is 19.4 Å². The molecule has 0 bridgehead atoms. The molecule has 21 heavy (non-hydrogen) atoms. The number of amides is 1. The molecule has 0 radical (unpaired) electrons. The molecular weight excluding hydrogens is 270 g/mol. The van der Waals surface area contributed by atoms with Gasteiger partial charge in [-0.1, -0.05) is 26.2 Å². The van der Waals surface area contributed by atoms with Gasteiger partial charge in [-0.05, 0) is 46.0 Å². The van der Waals surface area contributed by atoms with Crippen molar-refractivity contribution in [2.24, 2.45) is 11.3 Å². The molecule has 1 rings (SSSR count). The number of carbonyl (C=O) groups excluding carboxylic acids is 1. The summed E-state index contributed by atoms with van der Waals surface area (Å²) < 4.78 is 5.20. The predicted molar refractivity (Wildman–Crippen MR) is 81.2 cm³/mol. The Balaban J connectivity index is 2.74. The molecule has 2 N–H and O–H groups in total. The van der Waals surface area contributed by atoms with Crippen LogP contribution in [0.1, 0.15) is 66.2 Å². The Morgan fingerprint density at radius 1 is 1.19 bits per heavy atom. The highest BCUT2D eigenvalue weighted by atomic mass is 16.6. The van der Waals surface area contributed by atoms with Crippen molar-refractivity contribution >= 4 is 12.1 Å². The highest BCUT2D eigenvalue weighted by Crippen LogP contribution is 2.41. The van der Waals surface area contributed by atoms with Crippen molar-refractivity contribution in [2.45, 2.75) is 71.8 Å². The number of carboxylic acid groups (broad SMARTS) is 1. The summed E-state index contributed by atoms with van der Waals surface area (Å²) >= 11 is 0. The molecule has 1 fully saturated rings. The normalized spacial score (nSPS) is 19.6. The van der Waals surface area contributed by atoms with Gasteiger partial charge in [-0.25, -0.2) is 4.79 Å². The lowest BCUT2D eigenvalue weighted by Crippen LogP contribution is -2.49. The zero-order valence-corrected chi connectivity index (χ0v) is 13.7. The largest absolute Gasteiger partial charge is 0.481 e. The van der Waals surface area contributed by atoms with Crippen LogP contribution in [0.2, 0.25) is 0 Å². The summed E-state index contributed by atoms with van der Waals surface area (Å²) in [5, 5.41) is 12.4. The highest BCUT2D eigenvalue weighted by Gasteiger charge is 2.44. The van der Waals surface area contributed by atoms with Crippen LogP contribution in [0.5, 0.6) is 0 Å². The number of carboxylic acids is 1. The minimum absolute atomic E-state index is 0.128. The first-order chi connectivity index (χ1) is 9.71. The molecule has 1 unspecified atom stereocenters. The third kappa shape index (κ3) is 4.90. The van der Waals surface area contributed by atoms with E-state index < -0.39 is 23.1 Å². The van der Waals surface area contributed by atoms with E-state index in [1.54, 1.807) is 20.8 Å². The third-order valence-electron chi connectivity index (χ3n) is 4.39. The number of carbonyl (C=O) groups is 2. The molecule has 0 aromatic rings. The van der Waals surface area contributed by atoms with Gasteiger partial charge in [0.1, 0.15) is 5.60 Å². The second-order valence-electron chi connectivity index (χ2n) is 7.01. The summed E-state index contributed by atoms with van der Waals surface area (Å²) in [5.41, 5.74) is -1.45. The fourth-order valence-electron chi connectivity index (χ4n) is 3.16. The standard InChI is InChI=1S/C16H29NO4/c1-5-16(13(18)19,12-9-7-6-8-10-12)11-17-14(20)21-15(2,3)4/h12H,5-11H2,1-4H3,(H,17,20)(H,18,19). The molecule has 1 amide bonds. The molecule has 5 heteroatoms. The summed E-state index contributed by atoms with van der Waals surface area (Å²) in [7, 11) is 0. The van der Waals surface area contributed by atoms with Gasteiger partial charge in [0.05, 0.1) is 5.41 Å². The fourth-order valence-corrected chi connectivity index (χ4v) is 3.16. The molecule has 0 saturated heterocycles. The Hall–Kier alpha value is -1.26. The number of hydrogen-bond acceptors (Lipinski definition) is 3. The fraction of sp³-hybridized carbons (Fsp3) is 0.875. The maximum atomic E-state index is 11.9. The van der Waals surface area contributed by atoms with Gasteiger partial charge in [0, 0.05) is 6.54 Å². The summed E-state index contributed by atoms with van der Waals surface area (Å²) in [5.74, 6) is -0.684. The second kappa shape index (κ2) is 7.14. The summed E-state index contributed by atoms with van der Waals surface area (Å²) in [4.78, 5) is 23.7. The summed E-state index contributed by atoms with van der Waals surface area (Å²) in [6.07, 6.45) is 5.15. The smallest absolute Gasteiger partial charge is 0.407 e. The number of alkyl carbamates (subject to hydrolysis) is 1. The Kier molecular flexibility index (Phi) is 6.05. The van der Waals surface area contributed by atoms with Crippen molar-refractivity contribution in [3.05, 3.63) is 0 Å². The van der Waals surface area contributed by atoms with Crippen molar-refractivity contribution in [3.8, 4) is 0 Å². The first-order valence-corrected chi connectivity index (χ1v) is 7.91. The van der Waals surface area contributed by atoms with E-state index in [1.807, 2.05) is 6.92 Å². The van der Waals surface area contributed by atoms with Crippen LogP contribution in [0.4, 0.5) is 4.79 Å². The average Bonchev–Trinajstić information content (AvgIpc) is 2.39. The Labute approximate surface area is 127 Å². The second-order valence-corrected chi connectivity index (χ2v) is 7.01. The van der Waals surface area contributed by atoms with E-state index in [-0.39, 0.29) is 12.5 Å². The molecule has 1 atom stereocenters. The third-order valence-corrected chi connectivity index (χ3v) is 4.39. The molecule has 0 heterocycles. The first kappa shape index (κ1) is 17.8. The van der Waals surface area contributed by atoms with E-state index in [1.165, 1.54) is 6.42 Å². The van der Waals surface area contributed by atoms with Gasteiger partial charge in [-0.3, -0.25) is 4.79 Å². The van der Waals surface area contributed by atoms with Crippen molar-refractivity contribution in [2.75, 3.05) is 6.54 Å². The van der Waals surface area contributed by atoms with E-state index in [4.69, 9.17) is 4.74 Å². The van der Waals surface area contributed by atoms with E-state index >= 15 is 0 Å². The quantitative estimate of drug-likeness (QED) is 0.813. The monoisotopic (exact) mass is 299 g/mol. The van der Waals surface area contributed by atoms with Crippen LogP contribution in [0.15, 0.2) is 0 Å². The van der Waals surface area contributed by atoms with Crippen molar-refractivity contribution in [1.29, 1.82) is 0 Å². The topological polar surface area (TPSA) is 75.6 Å². The van der Waals surface area contributed by atoms with Gasteiger partial charge in [0.2, 0.25) is 0 Å². The number of nitrogens with one attached hydrogen (secondary N) is 1. The zero-order valence-electron chi connectivity index (χ0n) is 13.7. The van der Waals surface area contributed by atoms with E-state index in [0.29, 0.717) is 6.42 Å². The lowest BCUT2D eigenvalue weighted by atomic mass is 9.67. The summed E-state index contributed by atoms with van der Waals surface area (Å²) in [6.45, 7) is 7.39. The van der Waals surface area contributed by atoms with E-state index in [0.717, 1.165) is 25.7 Å². The van der Waals surface area contributed by atoms with E-state index in [9.17, 15) is 14.7 Å². The molecule has 0 aliphatic heterocycles. The van der Waals surface area contributed by atoms with Crippen LogP contribution in [0.3, 0.4) is 0 Å². The Morgan fingerprint density at radius 3 is 2.19 bits per heavy atom. The summed E-state index contributed by atoms with van der Waals surface area (Å²) in [6, 6.07) is 0. The van der Waals surface area contributed by atoms with Gasteiger partial charge >= 0.3 is 12.1 Å². The van der Waals surface area contributed by atoms with Crippen LogP contribution in [-0.2, 0) is 9.53 Å². The highest BCUT2D eigenvalue weighted by molar-refractivity contribution is 5.77. The number of rotatable bonds is 5. The minimum atomic E-state index is -0.878. The van der Waals surface area contributed by atoms with Crippen LogP contribution >= 0.6 is 0 Å². The van der Waals surface area contributed by atoms with Gasteiger partial charge in [-0.15, -0.1) is 0 Å². The predicted octanol–water partition coefficient (Wildman–Crippen LogP) is 3.57.